The molecule has 47 heavy (non-hydrogen) atoms. The minimum atomic E-state index is -2.93. The highest BCUT2D eigenvalue weighted by molar-refractivity contribution is 7.26. The summed E-state index contributed by atoms with van der Waals surface area (Å²) in [5.41, 5.74) is 11.9. The zero-order chi connectivity index (χ0) is 32.2. The van der Waals surface area contributed by atoms with Crippen LogP contribution in [0.5, 0.6) is 0 Å². The molecule has 5 aromatic rings. The third-order valence-electron chi connectivity index (χ3n) is 9.39. The van der Waals surface area contributed by atoms with Crippen molar-refractivity contribution in [2.24, 2.45) is 0 Å². The van der Waals surface area contributed by atoms with Crippen molar-refractivity contribution in [2.75, 3.05) is 0 Å². The standard InChI is InChI=1S/C46H46Si/c1-2-3-4-5-6-7-8-9-10-26-37-47(42-35-24-15-25-36-42)45(40-31-20-13-21-32-40)43(38-27-16-11-17-28-38)44(39-29-18-12-19-30-39)46(47)41-33-22-14-23-34-41/h11-25,27-36H,2-10H2,1H3. The number of benzene rings is 5. The molecular weight excluding hydrogens is 581 g/mol. The number of rotatable bonds is 13. The summed E-state index contributed by atoms with van der Waals surface area (Å²) in [5.74, 6) is 3.86. The third kappa shape index (κ3) is 7.20. The fourth-order valence-corrected chi connectivity index (χ4v) is 12.0. The maximum atomic E-state index is 4.20. The van der Waals surface area contributed by atoms with Gasteiger partial charge in [0.15, 0.2) is 0 Å². The van der Waals surface area contributed by atoms with Gasteiger partial charge < -0.3 is 0 Å². The van der Waals surface area contributed by atoms with E-state index in [-0.39, 0.29) is 0 Å². The van der Waals surface area contributed by atoms with Gasteiger partial charge in [-0.3, -0.25) is 0 Å². The zero-order valence-corrected chi connectivity index (χ0v) is 28.8. The Morgan fingerprint density at radius 2 is 0.766 bits per heavy atom. The van der Waals surface area contributed by atoms with Crippen LogP contribution in [0.1, 0.15) is 87.0 Å². The van der Waals surface area contributed by atoms with Gasteiger partial charge >= 0.3 is 0 Å². The van der Waals surface area contributed by atoms with E-state index in [4.69, 9.17) is 0 Å². The second-order valence-electron chi connectivity index (χ2n) is 12.6. The molecule has 0 bridgehead atoms. The molecule has 0 nitrogen and oxygen atoms in total. The van der Waals surface area contributed by atoms with Gasteiger partial charge in [0.1, 0.15) is 0 Å². The fraction of sp³-hybridized carbons (Fsp3) is 0.217. The summed E-state index contributed by atoms with van der Waals surface area (Å²) in [5, 5.41) is 4.15. The quantitative estimate of drug-likeness (QED) is 0.0693. The smallest absolute Gasteiger partial charge is 0.114 e. The van der Waals surface area contributed by atoms with Crippen LogP contribution in [-0.4, -0.2) is 8.07 Å². The summed E-state index contributed by atoms with van der Waals surface area (Å²) in [6.45, 7) is 2.29. The lowest BCUT2D eigenvalue weighted by molar-refractivity contribution is 0.579. The summed E-state index contributed by atoms with van der Waals surface area (Å²) in [6.07, 6.45) is 11.4. The summed E-state index contributed by atoms with van der Waals surface area (Å²) >= 11 is 0. The van der Waals surface area contributed by atoms with Gasteiger partial charge in [0.25, 0.3) is 0 Å². The highest BCUT2D eigenvalue weighted by Gasteiger charge is 2.51. The van der Waals surface area contributed by atoms with E-state index in [0.717, 1.165) is 12.8 Å². The molecule has 1 aliphatic heterocycles. The Balaban J connectivity index is 1.60. The molecular formula is C46H46Si. The van der Waals surface area contributed by atoms with Gasteiger partial charge in [-0.1, -0.05) is 204 Å². The summed E-state index contributed by atoms with van der Waals surface area (Å²) in [4.78, 5) is 0. The molecule has 6 rings (SSSR count). The van der Waals surface area contributed by atoms with Crippen LogP contribution in [-0.2, 0) is 0 Å². The maximum absolute atomic E-state index is 4.20. The molecule has 5 aromatic carbocycles. The molecule has 0 unspecified atom stereocenters. The van der Waals surface area contributed by atoms with Gasteiger partial charge in [0.2, 0.25) is 8.07 Å². The van der Waals surface area contributed by atoms with E-state index in [1.165, 1.54) is 93.9 Å². The lowest BCUT2D eigenvalue weighted by Crippen LogP contribution is -2.49. The molecule has 0 fully saturated rings. The Labute approximate surface area is 283 Å². The first-order chi connectivity index (χ1) is 23.3. The highest BCUT2D eigenvalue weighted by atomic mass is 28.3. The predicted molar refractivity (Wildman–Crippen MR) is 206 cm³/mol. The Morgan fingerprint density at radius 3 is 1.19 bits per heavy atom. The number of hydrogen-bond donors (Lipinski definition) is 0. The molecule has 0 spiro atoms. The van der Waals surface area contributed by atoms with Crippen LogP contribution < -0.4 is 5.19 Å². The minimum absolute atomic E-state index is 0.933. The van der Waals surface area contributed by atoms with Crippen molar-refractivity contribution in [3.8, 4) is 11.5 Å². The summed E-state index contributed by atoms with van der Waals surface area (Å²) in [7, 11) is -2.93. The second-order valence-corrected chi connectivity index (χ2v) is 15.9. The minimum Gasteiger partial charge on any atom is -0.114 e. The van der Waals surface area contributed by atoms with Gasteiger partial charge in [-0.15, -0.1) is 11.5 Å². The highest BCUT2D eigenvalue weighted by Crippen LogP contribution is 2.55. The molecule has 0 saturated heterocycles. The molecule has 0 N–H and O–H groups in total. The molecule has 0 saturated carbocycles. The van der Waals surface area contributed by atoms with E-state index in [0.29, 0.717) is 0 Å². The first kappa shape index (κ1) is 32.3. The van der Waals surface area contributed by atoms with Gasteiger partial charge in [-0.05, 0) is 55.4 Å². The molecule has 0 aliphatic carbocycles. The van der Waals surface area contributed by atoms with Crippen molar-refractivity contribution in [2.45, 2.75) is 64.7 Å². The topological polar surface area (TPSA) is 0 Å². The van der Waals surface area contributed by atoms with Gasteiger partial charge in [-0.25, -0.2) is 0 Å². The van der Waals surface area contributed by atoms with E-state index in [1.54, 1.807) is 0 Å². The van der Waals surface area contributed by atoms with E-state index >= 15 is 0 Å². The van der Waals surface area contributed by atoms with E-state index in [2.05, 4.69) is 170 Å². The average Bonchev–Trinajstić information content (AvgIpc) is 3.46. The monoisotopic (exact) mass is 626 g/mol. The van der Waals surface area contributed by atoms with E-state index in [9.17, 15) is 0 Å². The largest absolute Gasteiger partial charge is 0.232 e. The average molecular weight is 627 g/mol. The van der Waals surface area contributed by atoms with Crippen molar-refractivity contribution < 1.29 is 0 Å². The Kier molecular flexibility index (Phi) is 11.2. The molecule has 1 heteroatoms. The SMILES string of the molecule is CCCCCCCCCCC#C[Si]1(c2ccccc2)C(c2ccccc2)=C(c2ccccc2)C(c2ccccc2)=C1c1ccccc1. The molecule has 0 atom stereocenters. The van der Waals surface area contributed by atoms with Crippen LogP contribution >= 0.6 is 0 Å². The Morgan fingerprint density at radius 1 is 0.404 bits per heavy atom. The lowest BCUT2D eigenvalue weighted by atomic mass is 9.89. The zero-order valence-electron chi connectivity index (χ0n) is 27.8. The summed E-state index contributed by atoms with van der Waals surface area (Å²) < 4.78 is 0. The number of unbranched alkanes of at least 4 members (excludes halogenated alkanes) is 8. The van der Waals surface area contributed by atoms with E-state index in [1.807, 2.05) is 0 Å². The molecule has 1 aliphatic rings. The van der Waals surface area contributed by atoms with Gasteiger partial charge in [0, 0.05) is 6.42 Å². The van der Waals surface area contributed by atoms with Crippen molar-refractivity contribution in [1.29, 1.82) is 0 Å². The van der Waals surface area contributed by atoms with Crippen molar-refractivity contribution >= 4 is 34.8 Å². The van der Waals surface area contributed by atoms with Crippen molar-refractivity contribution in [3.05, 3.63) is 174 Å². The molecule has 234 valence electrons. The van der Waals surface area contributed by atoms with Gasteiger partial charge in [-0.2, -0.15) is 0 Å². The van der Waals surface area contributed by atoms with Crippen LogP contribution in [0.4, 0.5) is 0 Å². The van der Waals surface area contributed by atoms with Crippen LogP contribution in [0, 0.1) is 11.5 Å². The lowest BCUT2D eigenvalue weighted by Gasteiger charge is -2.30. The number of allylic oxidation sites excluding steroid dienone is 2. The Bertz CT molecular complexity index is 1720. The first-order valence-corrected chi connectivity index (χ1v) is 19.6. The fourth-order valence-electron chi connectivity index (χ4n) is 7.18. The first-order valence-electron chi connectivity index (χ1n) is 17.6. The second kappa shape index (κ2) is 16.3. The van der Waals surface area contributed by atoms with E-state index < -0.39 is 8.07 Å². The molecule has 0 radical (unpaired) electrons. The van der Waals surface area contributed by atoms with Crippen LogP contribution in [0.3, 0.4) is 0 Å². The third-order valence-corrected chi connectivity index (χ3v) is 13.7. The number of hydrogen-bond acceptors (Lipinski definition) is 0. The maximum Gasteiger partial charge on any atom is 0.232 e. The van der Waals surface area contributed by atoms with Crippen LogP contribution in [0.2, 0.25) is 0 Å². The predicted octanol–water partition coefficient (Wildman–Crippen LogP) is 11.7. The molecule has 1 heterocycles. The molecule has 0 aromatic heterocycles. The molecule has 0 amide bonds. The normalized spacial score (nSPS) is 13.8. The van der Waals surface area contributed by atoms with Crippen LogP contribution in [0.15, 0.2) is 152 Å². The Hall–Kier alpha value is -4.64. The summed E-state index contributed by atoms with van der Waals surface area (Å²) in [6, 6.07) is 55.6. The van der Waals surface area contributed by atoms with Crippen molar-refractivity contribution in [3.63, 3.8) is 0 Å². The van der Waals surface area contributed by atoms with Crippen molar-refractivity contribution in [1.82, 2.24) is 0 Å². The van der Waals surface area contributed by atoms with Crippen LogP contribution in [0.25, 0.3) is 21.5 Å². The van der Waals surface area contributed by atoms with Gasteiger partial charge in [0.05, 0.1) is 0 Å².